The molecule has 2 aromatic carbocycles. The Morgan fingerprint density at radius 3 is 2.25 bits per heavy atom. The number of amides is 2. The van der Waals surface area contributed by atoms with Crippen LogP contribution in [-0.2, 0) is 16.4 Å². The number of alkyl halides is 3. The van der Waals surface area contributed by atoms with E-state index >= 15 is 0 Å². The highest BCUT2D eigenvalue weighted by Crippen LogP contribution is 2.43. The minimum absolute atomic E-state index is 0.248. The highest BCUT2D eigenvalue weighted by atomic mass is 19.4. The van der Waals surface area contributed by atoms with Gasteiger partial charge in [-0.25, -0.2) is 4.39 Å². The van der Waals surface area contributed by atoms with Crippen molar-refractivity contribution < 1.29 is 27.2 Å². The first-order chi connectivity index (χ1) is 13.2. The number of hydrogen-bond donors (Lipinski definition) is 2. The molecule has 0 aliphatic heterocycles. The average Bonchev–Trinajstić information content (AvgIpc) is 3.17. The second-order valence-electron chi connectivity index (χ2n) is 6.76. The summed E-state index contributed by atoms with van der Waals surface area (Å²) in [6.45, 7) is 0. The highest BCUT2D eigenvalue weighted by molar-refractivity contribution is 5.97. The van der Waals surface area contributed by atoms with Crippen LogP contribution in [0.3, 0.4) is 0 Å². The molecule has 8 heteroatoms. The summed E-state index contributed by atoms with van der Waals surface area (Å²) in [6, 6.07) is 9.94. The maximum atomic E-state index is 13.7. The van der Waals surface area contributed by atoms with Crippen molar-refractivity contribution in [3.05, 3.63) is 71.0 Å². The van der Waals surface area contributed by atoms with Crippen molar-refractivity contribution in [2.75, 3.05) is 0 Å². The lowest BCUT2D eigenvalue weighted by Gasteiger charge is -2.29. The van der Waals surface area contributed by atoms with Gasteiger partial charge in [-0.1, -0.05) is 43.2 Å². The van der Waals surface area contributed by atoms with Gasteiger partial charge in [-0.15, -0.1) is 0 Å². The van der Waals surface area contributed by atoms with E-state index in [1.807, 2.05) is 0 Å². The van der Waals surface area contributed by atoms with Gasteiger partial charge in [-0.2, -0.15) is 13.2 Å². The molecule has 2 amide bonds. The molecular weight excluding hydrogens is 376 g/mol. The lowest BCUT2D eigenvalue weighted by molar-refractivity contribution is -0.138. The summed E-state index contributed by atoms with van der Waals surface area (Å²) >= 11 is 0. The summed E-state index contributed by atoms with van der Waals surface area (Å²) in [5.74, 6) is -2.21. The highest BCUT2D eigenvalue weighted by Gasteiger charge is 2.44. The molecule has 0 heterocycles. The van der Waals surface area contributed by atoms with Crippen molar-refractivity contribution in [2.24, 2.45) is 0 Å². The van der Waals surface area contributed by atoms with Crippen molar-refractivity contribution in [1.82, 2.24) is 10.9 Å². The minimum Gasteiger partial charge on any atom is -0.272 e. The van der Waals surface area contributed by atoms with Crippen molar-refractivity contribution in [3.8, 4) is 0 Å². The maximum Gasteiger partial charge on any atom is 0.416 e. The molecule has 2 aromatic rings. The second kappa shape index (κ2) is 7.61. The number of rotatable bonds is 3. The molecule has 1 aliphatic carbocycles. The van der Waals surface area contributed by atoms with E-state index in [2.05, 4.69) is 10.9 Å². The van der Waals surface area contributed by atoms with E-state index in [0.717, 1.165) is 18.2 Å². The van der Waals surface area contributed by atoms with Gasteiger partial charge >= 0.3 is 6.18 Å². The Bertz CT molecular complexity index is 890. The molecule has 148 valence electrons. The van der Waals surface area contributed by atoms with Crippen LogP contribution in [0.5, 0.6) is 0 Å². The molecule has 0 atom stereocenters. The quantitative estimate of drug-likeness (QED) is 0.608. The van der Waals surface area contributed by atoms with Crippen LogP contribution in [0.2, 0.25) is 0 Å². The standard InChI is InChI=1S/C20H18F4N2O2/c21-16-9-2-1-8-15(16)17(27)25-26-18(28)19(10-3-4-11-19)13-6-5-7-14(12-13)20(22,23)24/h1-2,5-9,12H,3-4,10-11H2,(H,25,27)(H,26,28). The number of halogens is 4. The average molecular weight is 394 g/mol. The second-order valence-corrected chi connectivity index (χ2v) is 6.76. The van der Waals surface area contributed by atoms with Gasteiger partial charge in [0.25, 0.3) is 5.91 Å². The van der Waals surface area contributed by atoms with E-state index in [9.17, 15) is 27.2 Å². The Balaban J connectivity index is 1.81. The number of hydrogen-bond acceptors (Lipinski definition) is 2. The Labute approximate surface area is 158 Å². The lowest BCUT2D eigenvalue weighted by atomic mass is 9.77. The summed E-state index contributed by atoms with van der Waals surface area (Å²) in [5, 5.41) is 0. The molecule has 4 nitrogen and oxygen atoms in total. The largest absolute Gasteiger partial charge is 0.416 e. The summed E-state index contributed by atoms with van der Waals surface area (Å²) in [7, 11) is 0. The molecule has 0 radical (unpaired) electrons. The zero-order valence-electron chi connectivity index (χ0n) is 14.8. The van der Waals surface area contributed by atoms with Gasteiger partial charge in [-0.05, 0) is 36.6 Å². The molecule has 1 aliphatic rings. The SMILES string of the molecule is O=C(NNC(=O)C1(c2cccc(C(F)(F)F)c2)CCCC1)c1ccccc1F. The Kier molecular flexibility index (Phi) is 5.40. The van der Waals surface area contributed by atoms with Crippen LogP contribution in [0.25, 0.3) is 0 Å². The molecule has 0 bridgehead atoms. The fourth-order valence-corrected chi connectivity index (χ4v) is 3.56. The molecule has 28 heavy (non-hydrogen) atoms. The van der Waals surface area contributed by atoms with E-state index < -0.39 is 34.8 Å². The zero-order valence-corrected chi connectivity index (χ0v) is 14.8. The summed E-state index contributed by atoms with van der Waals surface area (Å²) in [5.41, 5.74) is 2.41. The molecule has 1 fully saturated rings. The number of hydrazine groups is 1. The molecule has 1 saturated carbocycles. The third-order valence-electron chi connectivity index (χ3n) is 5.04. The van der Waals surface area contributed by atoms with Gasteiger partial charge in [0.05, 0.1) is 16.5 Å². The maximum absolute atomic E-state index is 13.7. The van der Waals surface area contributed by atoms with Crippen molar-refractivity contribution in [1.29, 1.82) is 0 Å². The third kappa shape index (κ3) is 3.85. The van der Waals surface area contributed by atoms with Crippen molar-refractivity contribution >= 4 is 11.8 Å². The van der Waals surface area contributed by atoms with Gasteiger partial charge in [0, 0.05) is 0 Å². The molecule has 0 unspecified atom stereocenters. The molecule has 2 N–H and O–H groups in total. The summed E-state index contributed by atoms with van der Waals surface area (Å²) in [4.78, 5) is 24.9. The van der Waals surface area contributed by atoms with E-state index in [1.54, 1.807) is 0 Å². The van der Waals surface area contributed by atoms with Crippen LogP contribution < -0.4 is 10.9 Å². The molecule has 0 spiro atoms. The lowest BCUT2D eigenvalue weighted by Crippen LogP contribution is -2.50. The van der Waals surface area contributed by atoms with Crippen molar-refractivity contribution in [2.45, 2.75) is 37.3 Å². The van der Waals surface area contributed by atoms with E-state index in [1.165, 1.54) is 30.3 Å². The molecule has 0 saturated heterocycles. The Hall–Kier alpha value is -2.90. The van der Waals surface area contributed by atoms with Gasteiger partial charge in [0.15, 0.2) is 0 Å². The van der Waals surface area contributed by atoms with Crippen LogP contribution in [0.4, 0.5) is 17.6 Å². The van der Waals surface area contributed by atoms with Gasteiger partial charge < -0.3 is 0 Å². The van der Waals surface area contributed by atoms with Gasteiger partial charge in [-0.3, -0.25) is 20.4 Å². The predicted octanol–water partition coefficient (Wildman–Crippen LogP) is 4.12. The first-order valence-corrected chi connectivity index (χ1v) is 8.77. The van der Waals surface area contributed by atoms with Gasteiger partial charge in [0.1, 0.15) is 5.82 Å². The zero-order chi connectivity index (χ0) is 20.4. The van der Waals surface area contributed by atoms with Crippen LogP contribution >= 0.6 is 0 Å². The summed E-state index contributed by atoms with van der Waals surface area (Å²) < 4.78 is 52.9. The topological polar surface area (TPSA) is 58.2 Å². The first-order valence-electron chi connectivity index (χ1n) is 8.77. The Morgan fingerprint density at radius 2 is 1.61 bits per heavy atom. The van der Waals surface area contributed by atoms with Gasteiger partial charge in [0.2, 0.25) is 5.91 Å². The molecular formula is C20H18F4N2O2. The first kappa shape index (κ1) is 19.9. The molecule has 0 aromatic heterocycles. The van der Waals surface area contributed by atoms with Crippen LogP contribution in [0.15, 0.2) is 48.5 Å². The minimum atomic E-state index is -4.52. The summed E-state index contributed by atoms with van der Waals surface area (Å²) in [6.07, 6.45) is -2.47. The van der Waals surface area contributed by atoms with Crippen LogP contribution in [0.1, 0.15) is 47.2 Å². The normalized spacial score (nSPS) is 15.9. The predicted molar refractivity (Wildman–Crippen MR) is 93.6 cm³/mol. The fraction of sp³-hybridized carbons (Fsp3) is 0.300. The number of nitrogens with one attached hydrogen (secondary N) is 2. The Morgan fingerprint density at radius 1 is 0.929 bits per heavy atom. The van der Waals surface area contributed by atoms with Crippen LogP contribution in [0, 0.1) is 5.82 Å². The van der Waals surface area contributed by atoms with Crippen molar-refractivity contribution in [3.63, 3.8) is 0 Å². The third-order valence-corrected chi connectivity index (χ3v) is 5.04. The number of carbonyl (C=O) groups excluding carboxylic acids is 2. The van der Waals surface area contributed by atoms with Crippen LogP contribution in [-0.4, -0.2) is 11.8 Å². The van der Waals surface area contributed by atoms with E-state index in [-0.39, 0.29) is 11.1 Å². The smallest absolute Gasteiger partial charge is 0.272 e. The monoisotopic (exact) mass is 394 g/mol. The van der Waals surface area contributed by atoms with E-state index in [0.29, 0.717) is 25.7 Å². The number of benzene rings is 2. The fourth-order valence-electron chi connectivity index (χ4n) is 3.56. The molecule has 3 rings (SSSR count). The number of carbonyl (C=O) groups is 2. The van der Waals surface area contributed by atoms with E-state index in [4.69, 9.17) is 0 Å².